The van der Waals surface area contributed by atoms with Gasteiger partial charge in [0.05, 0.1) is 11.3 Å². The van der Waals surface area contributed by atoms with Crippen LogP contribution in [0.3, 0.4) is 0 Å². The Hall–Kier alpha value is -1.82. The first-order valence-electron chi connectivity index (χ1n) is 5.18. The summed E-state index contributed by atoms with van der Waals surface area (Å²) in [6.07, 6.45) is 0. The lowest BCUT2D eigenvalue weighted by Crippen LogP contribution is -2.11. The van der Waals surface area contributed by atoms with Gasteiger partial charge in [-0.2, -0.15) is 0 Å². The molecule has 17 heavy (non-hydrogen) atoms. The van der Waals surface area contributed by atoms with Gasteiger partial charge in [0.25, 0.3) is 0 Å². The Kier molecular flexibility index (Phi) is 3.43. The highest BCUT2D eigenvalue weighted by atomic mass is 32.1. The molecule has 0 amide bonds. The molecule has 0 radical (unpaired) electrons. The number of thiazole rings is 1. The van der Waals surface area contributed by atoms with Crippen LogP contribution in [0.15, 0.2) is 18.2 Å². The molecule has 1 aromatic heterocycles. The van der Waals surface area contributed by atoms with Crippen molar-refractivity contribution in [2.45, 2.75) is 6.92 Å². The molecule has 2 N–H and O–H groups in total. The van der Waals surface area contributed by atoms with Gasteiger partial charge in [0, 0.05) is 0 Å². The maximum atomic E-state index is 10.4. The zero-order valence-corrected chi connectivity index (χ0v) is 10.1. The fraction of sp³-hybridized carbons (Fsp3) is 0.273. The van der Waals surface area contributed by atoms with E-state index in [1.807, 2.05) is 25.1 Å². The number of ether oxygens (including phenoxy) is 1. The van der Waals surface area contributed by atoms with E-state index in [0.29, 0.717) is 11.7 Å². The molecule has 0 saturated heterocycles. The number of carbonyl (C=O) groups is 1. The SMILES string of the molecule is CCOc1cccc2sc(NCC(=O)O)nc12. The van der Waals surface area contributed by atoms with Crippen LogP contribution in [0, 0.1) is 0 Å². The zero-order valence-electron chi connectivity index (χ0n) is 9.27. The van der Waals surface area contributed by atoms with E-state index in [-0.39, 0.29) is 6.54 Å². The lowest BCUT2D eigenvalue weighted by Gasteiger charge is -2.01. The summed E-state index contributed by atoms with van der Waals surface area (Å²) in [5.74, 6) is -0.182. The highest BCUT2D eigenvalue weighted by Gasteiger charge is 2.09. The third-order valence-electron chi connectivity index (χ3n) is 2.07. The second kappa shape index (κ2) is 5.01. The number of hydrogen-bond acceptors (Lipinski definition) is 5. The summed E-state index contributed by atoms with van der Waals surface area (Å²) < 4.78 is 6.43. The van der Waals surface area contributed by atoms with Crippen molar-refractivity contribution < 1.29 is 14.6 Å². The number of aromatic nitrogens is 1. The highest BCUT2D eigenvalue weighted by molar-refractivity contribution is 7.22. The van der Waals surface area contributed by atoms with Crippen molar-refractivity contribution in [2.24, 2.45) is 0 Å². The lowest BCUT2D eigenvalue weighted by molar-refractivity contribution is -0.134. The molecule has 0 fully saturated rings. The second-order valence-corrected chi connectivity index (χ2v) is 4.33. The Morgan fingerprint density at radius 3 is 3.12 bits per heavy atom. The molecule has 6 heteroatoms. The van der Waals surface area contributed by atoms with Gasteiger partial charge in [-0.3, -0.25) is 4.79 Å². The Morgan fingerprint density at radius 2 is 2.41 bits per heavy atom. The quantitative estimate of drug-likeness (QED) is 0.853. The van der Waals surface area contributed by atoms with Gasteiger partial charge in [0.2, 0.25) is 0 Å². The molecule has 0 aliphatic heterocycles. The van der Waals surface area contributed by atoms with Gasteiger partial charge in [0.1, 0.15) is 17.8 Å². The van der Waals surface area contributed by atoms with Crippen LogP contribution in [-0.4, -0.2) is 29.2 Å². The minimum absolute atomic E-state index is 0.135. The average molecular weight is 252 g/mol. The molecular weight excluding hydrogens is 240 g/mol. The molecule has 0 unspecified atom stereocenters. The Balaban J connectivity index is 2.29. The molecule has 0 spiro atoms. The van der Waals surface area contributed by atoms with Crippen molar-refractivity contribution >= 4 is 32.7 Å². The predicted molar refractivity (Wildman–Crippen MR) is 66.9 cm³/mol. The van der Waals surface area contributed by atoms with Crippen LogP contribution in [0.1, 0.15) is 6.92 Å². The fourth-order valence-corrected chi connectivity index (χ4v) is 2.30. The number of para-hydroxylation sites is 1. The molecule has 2 aromatic rings. The first-order valence-corrected chi connectivity index (χ1v) is 6.00. The number of nitrogens with one attached hydrogen (secondary N) is 1. The number of fused-ring (bicyclic) bond motifs is 1. The molecule has 0 aliphatic rings. The molecule has 5 nitrogen and oxygen atoms in total. The van der Waals surface area contributed by atoms with Crippen LogP contribution in [0.4, 0.5) is 5.13 Å². The number of hydrogen-bond donors (Lipinski definition) is 2. The fourth-order valence-electron chi connectivity index (χ4n) is 1.42. The van der Waals surface area contributed by atoms with E-state index in [9.17, 15) is 4.79 Å². The van der Waals surface area contributed by atoms with Crippen LogP contribution in [0.5, 0.6) is 5.75 Å². The van der Waals surface area contributed by atoms with Gasteiger partial charge < -0.3 is 15.2 Å². The molecule has 0 bridgehead atoms. The molecule has 0 saturated carbocycles. The smallest absolute Gasteiger partial charge is 0.322 e. The summed E-state index contributed by atoms with van der Waals surface area (Å²) in [7, 11) is 0. The summed E-state index contributed by atoms with van der Waals surface area (Å²) >= 11 is 1.41. The van der Waals surface area contributed by atoms with Crippen molar-refractivity contribution in [3.05, 3.63) is 18.2 Å². The van der Waals surface area contributed by atoms with Gasteiger partial charge in [-0.05, 0) is 19.1 Å². The van der Waals surface area contributed by atoms with Crippen LogP contribution in [0.25, 0.3) is 10.2 Å². The highest BCUT2D eigenvalue weighted by Crippen LogP contribution is 2.32. The monoisotopic (exact) mass is 252 g/mol. The van der Waals surface area contributed by atoms with Crippen LogP contribution >= 0.6 is 11.3 Å². The standard InChI is InChI=1S/C11H12N2O3S/c1-2-16-7-4-3-5-8-10(7)13-11(17-8)12-6-9(14)15/h3-5H,2,6H2,1H3,(H,12,13)(H,14,15). The molecule has 0 atom stereocenters. The summed E-state index contributed by atoms with van der Waals surface area (Å²) in [4.78, 5) is 14.8. The third kappa shape index (κ3) is 2.65. The average Bonchev–Trinajstić information content (AvgIpc) is 2.71. The summed E-state index contributed by atoms with van der Waals surface area (Å²) in [5.41, 5.74) is 0.771. The number of benzene rings is 1. The summed E-state index contributed by atoms with van der Waals surface area (Å²) in [6, 6.07) is 5.68. The summed E-state index contributed by atoms with van der Waals surface area (Å²) in [5, 5.41) is 11.9. The normalized spacial score (nSPS) is 10.4. The Morgan fingerprint density at radius 1 is 1.59 bits per heavy atom. The number of anilines is 1. The van der Waals surface area contributed by atoms with Gasteiger partial charge in [-0.15, -0.1) is 0 Å². The number of nitrogens with zero attached hydrogens (tertiary/aromatic N) is 1. The minimum atomic E-state index is -0.908. The second-order valence-electron chi connectivity index (χ2n) is 3.30. The van der Waals surface area contributed by atoms with Crippen molar-refractivity contribution in [1.29, 1.82) is 0 Å². The molecule has 1 heterocycles. The van der Waals surface area contributed by atoms with Gasteiger partial charge in [-0.1, -0.05) is 17.4 Å². The number of carboxylic acids is 1. The van der Waals surface area contributed by atoms with Crippen molar-refractivity contribution in [3.63, 3.8) is 0 Å². The zero-order chi connectivity index (χ0) is 12.3. The Labute approximate surface area is 102 Å². The first-order chi connectivity index (χ1) is 8.20. The largest absolute Gasteiger partial charge is 0.492 e. The van der Waals surface area contributed by atoms with E-state index in [1.165, 1.54) is 11.3 Å². The minimum Gasteiger partial charge on any atom is -0.492 e. The van der Waals surface area contributed by atoms with Gasteiger partial charge in [-0.25, -0.2) is 4.98 Å². The van der Waals surface area contributed by atoms with Crippen LogP contribution < -0.4 is 10.1 Å². The third-order valence-corrected chi connectivity index (χ3v) is 3.05. The molecule has 1 aromatic carbocycles. The van der Waals surface area contributed by atoms with E-state index >= 15 is 0 Å². The molecular formula is C11H12N2O3S. The van der Waals surface area contributed by atoms with E-state index in [2.05, 4.69) is 10.3 Å². The molecule has 90 valence electrons. The Bertz CT molecular complexity index is 538. The number of aliphatic carboxylic acids is 1. The van der Waals surface area contributed by atoms with Gasteiger partial charge >= 0.3 is 5.97 Å². The van der Waals surface area contributed by atoms with Crippen molar-refractivity contribution in [3.8, 4) is 5.75 Å². The predicted octanol–water partition coefficient (Wildman–Crippen LogP) is 2.19. The topological polar surface area (TPSA) is 71.5 Å². The number of carboxylic acid groups (broad SMARTS) is 1. The molecule has 2 rings (SSSR count). The van der Waals surface area contributed by atoms with Crippen LogP contribution in [-0.2, 0) is 4.79 Å². The molecule has 0 aliphatic carbocycles. The van der Waals surface area contributed by atoms with E-state index in [1.54, 1.807) is 0 Å². The van der Waals surface area contributed by atoms with Crippen molar-refractivity contribution in [1.82, 2.24) is 4.98 Å². The summed E-state index contributed by atoms with van der Waals surface area (Å²) in [6.45, 7) is 2.35. The van der Waals surface area contributed by atoms with E-state index in [4.69, 9.17) is 9.84 Å². The number of rotatable bonds is 5. The van der Waals surface area contributed by atoms with E-state index in [0.717, 1.165) is 16.0 Å². The maximum Gasteiger partial charge on any atom is 0.322 e. The van der Waals surface area contributed by atoms with E-state index < -0.39 is 5.97 Å². The van der Waals surface area contributed by atoms with Crippen LogP contribution in [0.2, 0.25) is 0 Å². The lowest BCUT2D eigenvalue weighted by atomic mass is 10.3. The van der Waals surface area contributed by atoms with Gasteiger partial charge in [0.15, 0.2) is 5.13 Å². The maximum absolute atomic E-state index is 10.4. The van der Waals surface area contributed by atoms with Crippen molar-refractivity contribution in [2.75, 3.05) is 18.5 Å². The first kappa shape index (κ1) is 11.7.